The van der Waals surface area contributed by atoms with E-state index in [-0.39, 0.29) is 5.91 Å². The van der Waals surface area contributed by atoms with Crippen LogP contribution in [0.15, 0.2) is 24.3 Å². The second-order valence-corrected chi connectivity index (χ2v) is 5.52. The highest BCUT2D eigenvalue weighted by molar-refractivity contribution is 5.78. The van der Waals surface area contributed by atoms with Gasteiger partial charge in [0.15, 0.2) is 0 Å². The maximum Gasteiger partial charge on any atom is 0.224 e. The average molecular weight is 275 g/mol. The van der Waals surface area contributed by atoms with Gasteiger partial charge in [0, 0.05) is 12.2 Å². The molecule has 110 valence electrons. The number of hydrogen-bond acceptors (Lipinski definition) is 3. The topological polar surface area (TPSA) is 58.4 Å². The lowest BCUT2D eigenvalue weighted by molar-refractivity contribution is -0.120. The number of nitrogens with one attached hydrogen (secondary N) is 1. The number of carbonyl (C=O) groups is 1. The molecule has 0 spiro atoms. The molecule has 0 aliphatic carbocycles. The van der Waals surface area contributed by atoms with Gasteiger partial charge in [0.1, 0.15) is 0 Å². The van der Waals surface area contributed by atoms with Crippen molar-refractivity contribution in [3.63, 3.8) is 0 Å². The fourth-order valence-electron chi connectivity index (χ4n) is 2.58. The number of rotatable bonds is 7. The highest BCUT2D eigenvalue weighted by Crippen LogP contribution is 2.08. The van der Waals surface area contributed by atoms with Crippen LogP contribution < -0.4 is 11.1 Å². The standard InChI is InChI=1S/C16H25N3O/c17-15-7-5-14(6-8-15)13-16(20)18-9-1-2-10-19-11-3-4-12-19/h5-8H,1-4,9-13,17H2,(H,18,20). The highest BCUT2D eigenvalue weighted by Gasteiger charge is 2.10. The molecule has 0 atom stereocenters. The Labute approximate surface area is 121 Å². The van der Waals surface area contributed by atoms with Gasteiger partial charge < -0.3 is 16.0 Å². The van der Waals surface area contributed by atoms with Crippen LogP contribution in [0.5, 0.6) is 0 Å². The normalized spacial score (nSPS) is 15.4. The third-order valence-electron chi connectivity index (χ3n) is 3.77. The molecular formula is C16H25N3O. The fourth-order valence-corrected chi connectivity index (χ4v) is 2.58. The lowest BCUT2D eigenvalue weighted by Crippen LogP contribution is -2.27. The molecule has 20 heavy (non-hydrogen) atoms. The molecule has 0 unspecified atom stereocenters. The summed E-state index contributed by atoms with van der Waals surface area (Å²) in [6.07, 6.45) is 5.36. The maximum atomic E-state index is 11.8. The molecule has 0 radical (unpaired) electrons. The van der Waals surface area contributed by atoms with Gasteiger partial charge in [0.2, 0.25) is 5.91 Å². The van der Waals surface area contributed by atoms with Gasteiger partial charge in [0.05, 0.1) is 6.42 Å². The summed E-state index contributed by atoms with van der Waals surface area (Å²) in [6.45, 7) is 4.46. The molecule has 1 amide bonds. The zero-order chi connectivity index (χ0) is 14.2. The number of nitrogens with zero attached hydrogens (tertiary/aromatic N) is 1. The smallest absolute Gasteiger partial charge is 0.224 e. The third kappa shape index (κ3) is 5.21. The third-order valence-corrected chi connectivity index (χ3v) is 3.77. The molecule has 1 aliphatic heterocycles. The van der Waals surface area contributed by atoms with Gasteiger partial charge in [-0.3, -0.25) is 4.79 Å². The molecule has 0 aromatic heterocycles. The van der Waals surface area contributed by atoms with Gasteiger partial charge in [-0.15, -0.1) is 0 Å². The summed E-state index contributed by atoms with van der Waals surface area (Å²) in [4.78, 5) is 14.3. The van der Waals surface area contributed by atoms with E-state index in [0.29, 0.717) is 6.42 Å². The zero-order valence-electron chi connectivity index (χ0n) is 12.1. The van der Waals surface area contributed by atoms with Crippen molar-refractivity contribution >= 4 is 11.6 Å². The molecule has 1 aromatic carbocycles. The Morgan fingerprint density at radius 2 is 1.85 bits per heavy atom. The second-order valence-electron chi connectivity index (χ2n) is 5.52. The number of anilines is 1. The van der Waals surface area contributed by atoms with E-state index < -0.39 is 0 Å². The number of hydrogen-bond donors (Lipinski definition) is 2. The first-order chi connectivity index (χ1) is 9.74. The molecule has 1 fully saturated rings. The minimum atomic E-state index is 0.0935. The molecule has 0 bridgehead atoms. The van der Waals surface area contributed by atoms with Crippen LogP contribution in [0, 0.1) is 0 Å². The van der Waals surface area contributed by atoms with Gasteiger partial charge in [0.25, 0.3) is 0 Å². The van der Waals surface area contributed by atoms with Crippen LogP contribution in [-0.2, 0) is 11.2 Å². The van der Waals surface area contributed by atoms with Crippen LogP contribution in [0.1, 0.15) is 31.2 Å². The molecular weight excluding hydrogens is 250 g/mol. The first kappa shape index (κ1) is 14.9. The summed E-state index contributed by atoms with van der Waals surface area (Å²) in [5, 5.41) is 2.98. The Balaban J connectivity index is 1.54. The van der Waals surface area contributed by atoms with Gasteiger partial charge >= 0.3 is 0 Å². The molecule has 4 heteroatoms. The zero-order valence-corrected chi connectivity index (χ0v) is 12.1. The number of benzene rings is 1. The van der Waals surface area contributed by atoms with Crippen molar-refractivity contribution in [1.29, 1.82) is 0 Å². The minimum Gasteiger partial charge on any atom is -0.399 e. The minimum absolute atomic E-state index is 0.0935. The molecule has 3 N–H and O–H groups in total. The van der Waals surface area contributed by atoms with E-state index >= 15 is 0 Å². The van der Waals surface area contributed by atoms with Crippen molar-refractivity contribution in [3.05, 3.63) is 29.8 Å². The number of amides is 1. The molecule has 1 aliphatic rings. The lowest BCUT2D eigenvalue weighted by Gasteiger charge is -2.14. The second kappa shape index (κ2) is 7.90. The van der Waals surface area contributed by atoms with E-state index in [1.165, 1.54) is 38.9 Å². The van der Waals surface area contributed by atoms with Crippen LogP contribution in [0.3, 0.4) is 0 Å². The van der Waals surface area contributed by atoms with Crippen molar-refractivity contribution in [1.82, 2.24) is 10.2 Å². The average Bonchev–Trinajstić information content (AvgIpc) is 2.94. The summed E-state index contributed by atoms with van der Waals surface area (Å²) in [5.74, 6) is 0.0935. The Morgan fingerprint density at radius 3 is 2.55 bits per heavy atom. The lowest BCUT2D eigenvalue weighted by atomic mass is 10.1. The van der Waals surface area contributed by atoms with E-state index in [1.807, 2.05) is 24.3 Å². The molecule has 1 saturated heterocycles. The molecule has 0 saturated carbocycles. The number of nitrogens with two attached hydrogens (primary N) is 1. The maximum absolute atomic E-state index is 11.8. The first-order valence-electron chi connectivity index (χ1n) is 7.57. The molecule has 1 aromatic rings. The Kier molecular flexibility index (Phi) is 5.87. The van der Waals surface area contributed by atoms with Gasteiger partial charge in [-0.2, -0.15) is 0 Å². The predicted molar refractivity (Wildman–Crippen MR) is 82.5 cm³/mol. The largest absolute Gasteiger partial charge is 0.399 e. The number of nitrogen functional groups attached to an aromatic ring is 1. The molecule has 4 nitrogen and oxygen atoms in total. The Morgan fingerprint density at radius 1 is 1.15 bits per heavy atom. The summed E-state index contributed by atoms with van der Waals surface area (Å²) in [6, 6.07) is 7.47. The predicted octanol–water partition coefficient (Wildman–Crippen LogP) is 1.80. The number of unbranched alkanes of at least 4 members (excludes halogenated alkanes) is 1. The highest BCUT2D eigenvalue weighted by atomic mass is 16.1. The monoisotopic (exact) mass is 275 g/mol. The summed E-state index contributed by atoms with van der Waals surface area (Å²) in [5.41, 5.74) is 7.36. The van der Waals surface area contributed by atoms with Crippen molar-refractivity contribution in [2.75, 3.05) is 31.9 Å². The van der Waals surface area contributed by atoms with E-state index in [2.05, 4.69) is 10.2 Å². The van der Waals surface area contributed by atoms with Crippen molar-refractivity contribution in [2.45, 2.75) is 32.1 Å². The van der Waals surface area contributed by atoms with Crippen molar-refractivity contribution in [2.24, 2.45) is 0 Å². The first-order valence-corrected chi connectivity index (χ1v) is 7.57. The van der Waals surface area contributed by atoms with Crippen LogP contribution in [0.4, 0.5) is 5.69 Å². The van der Waals surface area contributed by atoms with Gasteiger partial charge in [-0.1, -0.05) is 12.1 Å². The quantitative estimate of drug-likeness (QED) is 0.589. The van der Waals surface area contributed by atoms with Crippen LogP contribution in [0.2, 0.25) is 0 Å². The SMILES string of the molecule is Nc1ccc(CC(=O)NCCCCN2CCCC2)cc1. The van der Waals surface area contributed by atoms with Crippen LogP contribution >= 0.6 is 0 Å². The molecule has 2 rings (SSSR count). The van der Waals surface area contributed by atoms with Crippen molar-refractivity contribution in [3.8, 4) is 0 Å². The summed E-state index contributed by atoms with van der Waals surface area (Å²) >= 11 is 0. The Hall–Kier alpha value is -1.55. The number of likely N-dealkylation sites (tertiary alicyclic amines) is 1. The fraction of sp³-hybridized carbons (Fsp3) is 0.562. The van der Waals surface area contributed by atoms with E-state index in [1.54, 1.807) is 0 Å². The van der Waals surface area contributed by atoms with Gasteiger partial charge in [-0.05, 0) is 63.0 Å². The number of carbonyl (C=O) groups excluding carboxylic acids is 1. The summed E-state index contributed by atoms with van der Waals surface area (Å²) < 4.78 is 0. The van der Waals surface area contributed by atoms with E-state index in [9.17, 15) is 4.79 Å². The van der Waals surface area contributed by atoms with E-state index in [0.717, 1.165) is 24.2 Å². The van der Waals surface area contributed by atoms with E-state index in [4.69, 9.17) is 5.73 Å². The molecule has 1 heterocycles. The van der Waals surface area contributed by atoms with Crippen LogP contribution in [0.25, 0.3) is 0 Å². The Bertz CT molecular complexity index is 410. The summed E-state index contributed by atoms with van der Waals surface area (Å²) in [7, 11) is 0. The van der Waals surface area contributed by atoms with Gasteiger partial charge in [-0.25, -0.2) is 0 Å². The van der Waals surface area contributed by atoms with Crippen LogP contribution in [-0.4, -0.2) is 37.0 Å². The van der Waals surface area contributed by atoms with Crippen molar-refractivity contribution < 1.29 is 4.79 Å².